The van der Waals surface area contributed by atoms with Crippen molar-refractivity contribution < 1.29 is 24.2 Å². The first kappa shape index (κ1) is 16.7. The van der Waals surface area contributed by atoms with Crippen molar-refractivity contribution in [1.82, 2.24) is 0 Å². The minimum absolute atomic E-state index is 0.224. The number of para-hydroxylation sites is 1. The van der Waals surface area contributed by atoms with Crippen LogP contribution < -0.4 is 10.4 Å². The number of amides is 1. The zero-order chi connectivity index (χ0) is 16.8. The highest BCUT2D eigenvalue weighted by atomic mass is 16.5. The lowest BCUT2D eigenvalue weighted by molar-refractivity contribution is -0.313. The molecule has 0 bridgehead atoms. The lowest BCUT2D eigenvalue weighted by atomic mass is 9.82. The predicted molar refractivity (Wildman–Crippen MR) is 81.4 cm³/mol. The second-order valence-electron chi connectivity index (χ2n) is 5.23. The molecule has 6 heteroatoms. The van der Waals surface area contributed by atoms with Crippen LogP contribution in [0.4, 0.5) is 5.69 Å². The normalized spacial score (nSPS) is 19.9. The molecular formula is C17H18NO5-. The van der Waals surface area contributed by atoms with Gasteiger partial charge in [0.05, 0.1) is 23.8 Å². The maximum absolute atomic E-state index is 12.4. The predicted octanol–water partition coefficient (Wildman–Crippen LogP) is 1.13. The molecule has 23 heavy (non-hydrogen) atoms. The molecule has 0 radical (unpaired) electrons. The van der Waals surface area contributed by atoms with Crippen LogP contribution in [0.1, 0.15) is 30.1 Å². The summed E-state index contributed by atoms with van der Waals surface area (Å²) in [6, 6.07) is 6.46. The number of esters is 1. The molecule has 2 atom stereocenters. The molecule has 1 amide bonds. The van der Waals surface area contributed by atoms with Gasteiger partial charge in [-0.25, -0.2) is 4.79 Å². The van der Waals surface area contributed by atoms with E-state index in [1.54, 1.807) is 43.3 Å². The highest BCUT2D eigenvalue weighted by molar-refractivity contribution is 6.02. The van der Waals surface area contributed by atoms with Crippen LogP contribution in [-0.2, 0) is 14.3 Å². The number of allylic oxidation sites excluding steroid dienone is 2. The SMILES string of the molecule is CCOC(=O)c1ccccc1NC(=O)[C@H]1CC=CC[C@@H]1C(=O)[O-]. The van der Waals surface area contributed by atoms with Crippen LogP contribution in [0.25, 0.3) is 0 Å². The Morgan fingerprint density at radius 2 is 1.83 bits per heavy atom. The summed E-state index contributed by atoms with van der Waals surface area (Å²) in [5.41, 5.74) is 0.543. The zero-order valence-corrected chi connectivity index (χ0v) is 12.8. The monoisotopic (exact) mass is 316 g/mol. The fourth-order valence-corrected chi connectivity index (χ4v) is 2.57. The van der Waals surface area contributed by atoms with Crippen LogP contribution in [0.15, 0.2) is 36.4 Å². The summed E-state index contributed by atoms with van der Waals surface area (Å²) in [6.45, 7) is 1.92. The molecule has 0 saturated carbocycles. The molecule has 2 rings (SSSR count). The number of carbonyl (C=O) groups excluding carboxylic acids is 3. The van der Waals surface area contributed by atoms with Crippen LogP contribution in [-0.4, -0.2) is 24.5 Å². The number of carboxylic acids is 1. The van der Waals surface area contributed by atoms with Crippen molar-refractivity contribution in [3.05, 3.63) is 42.0 Å². The summed E-state index contributed by atoms with van der Waals surface area (Å²) in [5, 5.41) is 13.8. The lowest BCUT2D eigenvalue weighted by Crippen LogP contribution is -2.41. The number of nitrogens with one attached hydrogen (secondary N) is 1. The van der Waals surface area contributed by atoms with E-state index in [0.29, 0.717) is 12.1 Å². The molecule has 1 aliphatic rings. The fraction of sp³-hybridized carbons (Fsp3) is 0.353. The van der Waals surface area contributed by atoms with Gasteiger partial charge in [0.1, 0.15) is 0 Å². The molecule has 0 spiro atoms. The number of ether oxygens (including phenoxy) is 1. The van der Waals surface area contributed by atoms with E-state index >= 15 is 0 Å². The van der Waals surface area contributed by atoms with Gasteiger partial charge in [-0.1, -0.05) is 24.3 Å². The van der Waals surface area contributed by atoms with Gasteiger partial charge in [0.2, 0.25) is 5.91 Å². The molecule has 0 unspecified atom stereocenters. The van der Waals surface area contributed by atoms with Gasteiger partial charge in [0.15, 0.2) is 0 Å². The molecular weight excluding hydrogens is 298 g/mol. The first-order valence-corrected chi connectivity index (χ1v) is 7.47. The van der Waals surface area contributed by atoms with Gasteiger partial charge in [0.25, 0.3) is 0 Å². The summed E-state index contributed by atoms with van der Waals surface area (Å²) >= 11 is 0. The van der Waals surface area contributed by atoms with Crippen molar-refractivity contribution in [3.8, 4) is 0 Å². The number of benzene rings is 1. The van der Waals surface area contributed by atoms with Gasteiger partial charge in [-0.2, -0.15) is 0 Å². The average Bonchev–Trinajstić information content (AvgIpc) is 2.55. The molecule has 1 N–H and O–H groups in total. The summed E-state index contributed by atoms with van der Waals surface area (Å²) in [5.74, 6) is -3.81. The van der Waals surface area contributed by atoms with E-state index < -0.39 is 29.7 Å². The van der Waals surface area contributed by atoms with Crippen LogP contribution >= 0.6 is 0 Å². The first-order valence-electron chi connectivity index (χ1n) is 7.47. The van der Waals surface area contributed by atoms with E-state index in [4.69, 9.17) is 4.74 Å². The fourth-order valence-electron chi connectivity index (χ4n) is 2.57. The highest BCUT2D eigenvalue weighted by Crippen LogP contribution is 2.27. The molecule has 0 aromatic heterocycles. The van der Waals surface area contributed by atoms with E-state index in [0.717, 1.165) is 0 Å². The van der Waals surface area contributed by atoms with Crippen molar-refractivity contribution in [1.29, 1.82) is 0 Å². The molecule has 122 valence electrons. The third kappa shape index (κ3) is 3.97. The molecule has 1 aromatic carbocycles. The Morgan fingerprint density at radius 1 is 1.17 bits per heavy atom. The summed E-state index contributed by atoms with van der Waals surface area (Å²) in [4.78, 5) is 35.5. The topological polar surface area (TPSA) is 95.5 Å². The van der Waals surface area contributed by atoms with E-state index in [1.807, 2.05) is 0 Å². The number of hydrogen-bond acceptors (Lipinski definition) is 5. The quantitative estimate of drug-likeness (QED) is 0.649. The minimum atomic E-state index is -1.24. The molecule has 0 fully saturated rings. The van der Waals surface area contributed by atoms with Crippen LogP contribution in [0.2, 0.25) is 0 Å². The van der Waals surface area contributed by atoms with Gasteiger partial charge < -0.3 is 20.0 Å². The zero-order valence-electron chi connectivity index (χ0n) is 12.8. The molecule has 0 heterocycles. The number of anilines is 1. The number of rotatable bonds is 5. The standard InChI is InChI=1S/C17H19NO5/c1-2-23-17(22)13-9-5-6-10-14(13)18-15(19)11-7-3-4-8-12(11)16(20)21/h3-6,9-12H,2,7-8H2,1H3,(H,18,19)(H,20,21)/p-1/t11-,12-/m0/s1. The van der Waals surface area contributed by atoms with Gasteiger partial charge in [0, 0.05) is 11.9 Å². The van der Waals surface area contributed by atoms with Crippen molar-refractivity contribution in [2.75, 3.05) is 11.9 Å². The Hall–Kier alpha value is -2.63. The van der Waals surface area contributed by atoms with E-state index in [9.17, 15) is 19.5 Å². The average molecular weight is 316 g/mol. The van der Waals surface area contributed by atoms with Crippen LogP contribution in [0.3, 0.4) is 0 Å². The molecule has 6 nitrogen and oxygen atoms in total. The Balaban J connectivity index is 2.18. The molecule has 0 aliphatic heterocycles. The maximum Gasteiger partial charge on any atom is 0.340 e. The van der Waals surface area contributed by atoms with Crippen LogP contribution in [0, 0.1) is 11.8 Å². The second-order valence-corrected chi connectivity index (χ2v) is 5.23. The number of carboxylic acid groups (broad SMARTS) is 1. The van der Waals surface area contributed by atoms with E-state index in [-0.39, 0.29) is 18.6 Å². The summed E-state index contributed by atoms with van der Waals surface area (Å²) in [6.07, 6.45) is 4.10. The second kappa shape index (κ2) is 7.58. The van der Waals surface area contributed by atoms with Gasteiger partial charge in [-0.3, -0.25) is 4.79 Å². The Kier molecular flexibility index (Phi) is 5.51. The minimum Gasteiger partial charge on any atom is -0.550 e. The van der Waals surface area contributed by atoms with E-state index in [2.05, 4.69) is 5.32 Å². The van der Waals surface area contributed by atoms with Crippen molar-refractivity contribution in [3.63, 3.8) is 0 Å². The smallest absolute Gasteiger partial charge is 0.340 e. The van der Waals surface area contributed by atoms with Crippen molar-refractivity contribution >= 4 is 23.5 Å². The Morgan fingerprint density at radius 3 is 2.48 bits per heavy atom. The molecule has 1 aliphatic carbocycles. The number of carbonyl (C=O) groups is 3. The maximum atomic E-state index is 12.4. The van der Waals surface area contributed by atoms with Gasteiger partial charge in [-0.05, 0) is 31.9 Å². The number of aliphatic carboxylic acids is 1. The van der Waals surface area contributed by atoms with E-state index in [1.165, 1.54) is 0 Å². The first-order chi connectivity index (χ1) is 11.0. The Bertz CT molecular complexity index is 638. The molecule has 0 saturated heterocycles. The third-order valence-corrected chi connectivity index (χ3v) is 3.75. The number of hydrogen-bond donors (Lipinski definition) is 1. The summed E-state index contributed by atoms with van der Waals surface area (Å²) < 4.78 is 4.95. The van der Waals surface area contributed by atoms with Gasteiger partial charge in [-0.15, -0.1) is 0 Å². The van der Waals surface area contributed by atoms with Crippen molar-refractivity contribution in [2.45, 2.75) is 19.8 Å². The van der Waals surface area contributed by atoms with Crippen molar-refractivity contribution in [2.24, 2.45) is 11.8 Å². The Labute approximate surface area is 134 Å². The van der Waals surface area contributed by atoms with Gasteiger partial charge >= 0.3 is 5.97 Å². The molecule has 1 aromatic rings. The summed E-state index contributed by atoms with van der Waals surface area (Å²) in [7, 11) is 0. The third-order valence-electron chi connectivity index (χ3n) is 3.75. The largest absolute Gasteiger partial charge is 0.550 e. The lowest BCUT2D eigenvalue weighted by Gasteiger charge is -2.28. The highest BCUT2D eigenvalue weighted by Gasteiger charge is 2.30. The van der Waals surface area contributed by atoms with Crippen LogP contribution in [0.5, 0.6) is 0 Å².